The van der Waals surface area contributed by atoms with Gasteiger partial charge in [0.25, 0.3) is 0 Å². The Bertz CT molecular complexity index is 716. The molecule has 0 bridgehead atoms. The maximum Gasteiger partial charge on any atom is 0.0702 e. The molecule has 0 aliphatic rings. The van der Waals surface area contributed by atoms with Gasteiger partial charge in [0, 0.05) is 33.9 Å². The molecular formula is C17H18N2S. The fraction of sp³-hybridized carbons (Fsp3) is 0.235. The Morgan fingerprint density at radius 1 is 1.15 bits per heavy atom. The summed E-state index contributed by atoms with van der Waals surface area (Å²) in [5, 5.41) is 4.65. The third-order valence-corrected chi connectivity index (χ3v) is 4.37. The summed E-state index contributed by atoms with van der Waals surface area (Å²) in [4.78, 5) is 7.05. The van der Waals surface area contributed by atoms with Crippen molar-refractivity contribution in [2.75, 3.05) is 0 Å². The first-order chi connectivity index (χ1) is 9.72. The highest BCUT2D eigenvalue weighted by molar-refractivity contribution is 7.15. The first-order valence-corrected chi connectivity index (χ1v) is 7.71. The molecule has 0 atom stereocenters. The molecule has 0 fully saturated rings. The molecule has 102 valence electrons. The third-order valence-electron chi connectivity index (χ3n) is 3.23. The monoisotopic (exact) mass is 282 g/mol. The van der Waals surface area contributed by atoms with Gasteiger partial charge in [-0.05, 0) is 35.9 Å². The van der Waals surface area contributed by atoms with Crippen molar-refractivity contribution < 1.29 is 0 Å². The second-order valence-corrected chi connectivity index (χ2v) is 6.38. The largest absolute Gasteiger partial charge is 0.310 e. The second-order valence-electron chi connectivity index (χ2n) is 5.21. The number of benzene rings is 1. The molecule has 3 aromatic rings. The Morgan fingerprint density at radius 3 is 2.90 bits per heavy atom. The molecule has 0 aliphatic heterocycles. The molecule has 2 aromatic heterocycles. The quantitative estimate of drug-likeness (QED) is 0.764. The maximum atomic E-state index is 4.36. The van der Waals surface area contributed by atoms with Gasteiger partial charge in [0.05, 0.1) is 5.52 Å². The highest BCUT2D eigenvalue weighted by atomic mass is 32.1. The molecule has 0 unspecified atom stereocenters. The predicted molar refractivity (Wildman–Crippen MR) is 87.0 cm³/mol. The Morgan fingerprint density at radius 2 is 2.05 bits per heavy atom. The highest BCUT2D eigenvalue weighted by Crippen LogP contribution is 2.30. The molecule has 20 heavy (non-hydrogen) atoms. The van der Waals surface area contributed by atoms with Gasteiger partial charge in [0.1, 0.15) is 0 Å². The van der Waals surface area contributed by atoms with Crippen molar-refractivity contribution in [3.63, 3.8) is 0 Å². The molecular weight excluding hydrogens is 264 g/mol. The van der Waals surface area contributed by atoms with E-state index in [0.717, 1.165) is 12.1 Å². The van der Waals surface area contributed by atoms with Gasteiger partial charge in [-0.25, -0.2) is 0 Å². The molecule has 1 N–H and O–H groups in total. The van der Waals surface area contributed by atoms with Crippen molar-refractivity contribution in [2.45, 2.75) is 26.4 Å². The SMILES string of the molecule is CC(C)NCc1ccc(-c2ccc3ncccc3c2)s1. The van der Waals surface area contributed by atoms with E-state index in [1.165, 1.54) is 20.7 Å². The zero-order valence-corrected chi connectivity index (χ0v) is 12.6. The summed E-state index contributed by atoms with van der Waals surface area (Å²) >= 11 is 1.85. The van der Waals surface area contributed by atoms with Gasteiger partial charge in [0.2, 0.25) is 0 Å². The molecule has 3 heteroatoms. The maximum absolute atomic E-state index is 4.36. The summed E-state index contributed by atoms with van der Waals surface area (Å²) in [6, 6.07) is 15.5. The van der Waals surface area contributed by atoms with Crippen LogP contribution >= 0.6 is 11.3 Å². The number of fused-ring (bicyclic) bond motifs is 1. The molecule has 1 aromatic carbocycles. The molecule has 0 saturated heterocycles. The summed E-state index contributed by atoms with van der Waals surface area (Å²) in [7, 11) is 0. The summed E-state index contributed by atoms with van der Waals surface area (Å²) in [5.74, 6) is 0. The van der Waals surface area contributed by atoms with E-state index in [2.05, 4.69) is 60.5 Å². The predicted octanol–water partition coefficient (Wildman–Crippen LogP) is 4.46. The van der Waals surface area contributed by atoms with Gasteiger partial charge < -0.3 is 5.32 Å². The van der Waals surface area contributed by atoms with Crippen LogP contribution in [-0.4, -0.2) is 11.0 Å². The van der Waals surface area contributed by atoms with Crippen LogP contribution < -0.4 is 5.32 Å². The van der Waals surface area contributed by atoms with Gasteiger partial charge in [0.15, 0.2) is 0 Å². The van der Waals surface area contributed by atoms with Crippen LogP contribution in [0.2, 0.25) is 0 Å². The summed E-state index contributed by atoms with van der Waals surface area (Å²) in [6.45, 7) is 5.28. The van der Waals surface area contributed by atoms with E-state index < -0.39 is 0 Å². The van der Waals surface area contributed by atoms with Crippen LogP contribution in [-0.2, 0) is 6.54 Å². The van der Waals surface area contributed by atoms with Crippen LogP contribution in [0, 0.1) is 0 Å². The first-order valence-electron chi connectivity index (χ1n) is 6.89. The third kappa shape index (κ3) is 2.89. The van der Waals surface area contributed by atoms with Crippen molar-refractivity contribution in [1.29, 1.82) is 0 Å². The Balaban J connectivity index is 1.87. The van der Waals surface area contributed by atoms with Crippen LogP contribution in [0.3, 0.4) is 0 Å². The Kier molecular flexibility index (Phi) is 3.81. The molecule has 0 saturated carbocycles. The van der Waals surface area contributed by atoms with E-state index in [1.54, 1.807) is 0 Å². The number of thiophene rings is 1. The summed E-state index contributed by atoms with van der Waals surface area (Å²) in [5.41, 5.74) is 2.32. The average molecular weight is 282 g/mol. The van der Waals surface area contributed by atoms with Crippen LogP contribution in [0.1, 0.15) is 18.7 Å². The topological polar surface area (TPSA) is 24.9 Å². The van der Waals surface area contributed by atoms with E-state index >= 15 is 0 Å². The van der Waals surface area contributed by atoms with Crippen molar-refractivity contribution in [2.24, 2.45) is 0 Å². The van der Waals surface area contributed by atoms with Crippen molar-refractivity contribution in [3.05, 3.63) is 53.5 Å². The van der Waals surface area contributed by atoms with Crippen LogP contribution in [0.25, 0.3) is 21.3 Å². The molecule has 0 radical (unpaired) electrons. The highest BCUT2D eigenvalue weighted by Gasteiger charge is 2.04. The van der Waals surface area contributed by atoms with E-state index in [0.29, 0.717) is 6.04 Å². The smallest absolute Gasteiger partial charge is 0.0702 e. The average Bonchev–Trinajstić information content (AvgIpc) is 2.93. The van der Waals surface area contributed by atoms with Gasteiger partial charge in [-0.1, -0.05) is 26.0 Å². The first kappa shape index (κ1) is 13.3. The summed E-state index contributed by atoms with van der Waals surface area (Å²) < 4.78 is 0. The van der Waals surface area contributed by atoms with E-state index in [9.17, 15) is 0 Å². The normalized spacial score (nSPS) is 11.3. The molecule has 0 spiro atoms. The van der Waals surface area contributed by atoms with Crippen molar-refractivity contribution in [1.82, 2.24) is 10.3 Å². The number of hydrogen-bond acceptors (Lipinski definition) is 3. The number of aromatic nitrogens is 1. The fourth-order valence-electron chi connectivity index (χ4n) is 2.16. The van der Waals surface area contributed by atoms with Crippen molar-refractivity contribution in [3.8, 4) is 10.4 Å². The van der Waals surface area contributed by atoms with Gasteiger partial charge in [-0.15, -0.1) is 11.3 Å². The number of rotatable bonds is 4. The van der Waals surface area contributed by atoms with Crippen LogP contribution in [0.4, 0.5) is 0 Å². The van der Waals surface area contributed by atoms with Gasteiger partial charge in [-0.3, -0.25) is 4.98 Å². The minimum atomic E-state index is 0.521. The van der Waals surface area contributed by atoms with Crippen LogP contribution in [0.5, 0.6) is 0 Å². The molecule has 3 rings (SSSR count). The minimum Gasteiger partial charge on any atom is -0.310 e. The zero-order chi connectivity index (χ0) is 13.9. The Labute approximate surface area is 123 Å². The minimum absolute atomic E-state index is 0.521. The van der Waals surface area contributed by atoms with Gasteiger partial charge in [-0.2, -0.15) is 0 Å². The second kappa shape index (κ2) is 5.73. The number of hydrogen-bond donors (Lipinski definition) is 1. The van der Waals surface area contributed by atoms with Crippen LogP contribution in [0.15, 0.2) is 48.7 Å². The number of nitrogens with one attached hydrogen (secondary N) is 1. The molecule has 0 amide bonds. The molecule has 2 heterocycles. The van der Waals surface area contributed by atoms with E-state index in [1.807, 2.05) is 23.6 Å². The lowest BCUT2D eigenvalue weighted by molar-refractivity contribution is 0.593. The number of pyridine rings is 1. The molecule has 0 aliphatic carbocycles. The fourth-order valence-corrected chi connectivity index (χ4v) is 3.12. The van der Waals surface area contributed by atoms with E-state index in [4.69, 9.17) is 0 Å². The zero-order valence-electron chi connectivity index (χ0n) is 11.8. The lowest BCUT2D eigenvalue weighted by Crippen LogP contribution is -2.21. The standard InChI is InChI=1S/C17H18N2S/c1-12(2)19-11-15-6-8-17(20-15)14-5-7-16-13(10-14)4-3-9-18-16/h3-10,12,19H,11H2,1-2H3. The van der Waals surface area contributed by atoms with Crippen molar-refractivity contribution >= 4 is 22.2 Å². The Hall–Kier alpha value is -1.71. The lowest BCUT2D eigenvalue weighted by atomic mass is 10.1. The molecule has 2 nitrogen and oxygen atoms in total. The lowest BCUT2D eigenvalue weighted by Gasteiger charge is -2.05. The summed E-state index contributed by atoms with van der Waals surface area (Å²) in [6.07, 6.45) is 1.84. The van der Waals surface area contributed by atoms with E-state index in [-0.39, 0.29) is 0 Å². The van der Waals surface area contributed by atoms with Gasteiger partial charge >= 0.3 is 0 Å². The number of nitrogens with zero attached hydrogens (tertiary/aromatic N) is 1.